The van der Waals surface area contributed by atoms with Crippen LogP contribution < -0.4 is 0 Å². The highest BCUT2D eigenvalue weighted by atomic mass is 32.1. The molecule has 0 saturated carbocycles. The van der Waals surface area contributed by atoms with Crippen LogP contribution in [0.3, 0.4) is 0 Å². The number of nitriles is 2. The van der Waals surface area contributed by atoms with E-state index < -0.39 is 0 Å². The van der Waals surface area contributed by atoms with E-state index in [2.05, 4.69) is 56.2 Å². The Bertz CT molecular complexity index is 1050. The Morgan fingerprint density at radius 1 is 0.844 bits per heavy atom. The van der Waals surface area contributed by atoms with Crippen molar-refractivity contribution >= 4 is 22.7 Å². The standard InChI is InChI=1S/C14H13N3S.C9H11N3OS/c15-7-14(13-9-18-10-16-13)17-6-5-11-3-1-2-4-12(11)8-17;10-5-9(8-6-14-7-11-8)12-1-3-13-4-2-12/h1-4,9-10,14H,5-6,8H2;6-7,9H,1-4H2. The molecule has 2 atom stereocenters. The molecule has 1 saturated heterocycles. The predicted octanol–water partition coefficient (Wildman–Crippen LogP) is 3.81. The summed E-state index contributed by atoms with van der Waals surface area (Å²) in [5, 5.41) is 22.4. The maximum absolute atomic E-state index is 9.37. The van der Waals surface area contributed by atoms with Gasteiger partial charge in [0.05, 0.1) is 47.8 Å². The minimum Gasteiger partial charge on any atom is -0.379 e. The fourth-order valence-corrected chi connectivity index (χ4v) is 5.10. The van der Waals surface area contributed by atoms with E-state index in [9.17, 15) is 5.26 Å². The summed E-state index contributed by atoms with van der Waals surface area (Å²) >= 11 is 3.07. The van der Waals surface area contributed by atoms with Gasteiger partial charge in [-0.25, -0.2) is 9.97 Å². The first-order valence-electron chi connectivity index (χ1n) is 10.5. The van der Waals surface area contributed by atoms with Crippen molar-refractivity contribution in [2.75, 3.05) is 32.8 Å². The molecule has 164 valence electrons. The van der Waals surface area contributed by atoms with Crippen molar-refractivity contribution in [3.05, 3.63) is 68.6 Å². The average molecular weight is 465 g/mol. The molecule has 2 unspecified atom stereocenters. The molecule has 0 N–H and O–H groups in total. The molecule has 0 spiro atoms. The SMILES string of the molecule is N#CC(c1cscn1)N1CCOCC1.N#CC(c1cscn1)N1CCc2ccccc2C1. The van der Waals surface area contributed by atoms with Crippen LogP contribution in [0.4, 0.5) is 0 Å². The Labute approximate surface area is 196 Å². The molecule has 4 heterocycles. The molecule has 2 aromatic heterocycles. The van der Waals surface area contributed by atoms with Crippen LogP contribution >= 0.6 is 22.7 Å². The molecule has 9 heteroatoms. The van der Waals surface area contributed by atoms with E-state index in [1.807, 2.05) is 10.8 Å². The van der Waals surface area contributed by atoms with Gasteiger partial charge in [0.2, 0.25) is 0 Å². The topological polar surface area (TPSA) is 89.1 Å². The van der Waals surface area contributed by atoms with Gasteiger partial charge in [-0.05, 0) is 17.5 Å². The van der Waals surface area contributed by atoms with E-state index in [0.717, 1.165) is 44.0 Å². The third-order valence-corrected chi connectivity index (χ3v) is 6.85. The number of thiazole rings is 2. The monoisotopic (exact) mass is 464 g/mol. The van der Waals surface area contributed by atoms with Gasteiger partial charge in [-0.1, -0.05) is 24.3 Å². The molecule has 7 nitrogen and oxygen atoms in total. The number of aromatic nitrogens is 2. The van der Waals surface area contributed by atoms with E-state index in [1.54, 1.807) is 22.4 Å². The van der Waals surface area contributed by atoms with Gasteiger partial charge in [0.1, 0.15) is 12.1 Å². The van der Waals surface area contributed by atoms with E-state index in [1.165, 1.54) is 22.5 Å². The van der Waals surface area contributed by atoms with Gasteiger partial charge < -0.3 is 4.74 Å². The smallest absolute Gasteiger partial charge is 0.142 e. The lowest BCUT2D eigenvalue weighted by Crippen LogP contribution is -2.38. The van der Waals surface area contributed by atoms with E-state index >= 15 is 0 Å². The summed E-state index contributed by atoms with van der Waals surface area (Å²) in [7, 11) is 0. The molecule has 2 aliphatic rings. The largest absolute Gasteiger partial charge is 0.379 e. The molecular weight excluding hydrogens is 440 g/mol. The van der Waals surface area contributed by atoms with Gasteiger partial charge in [-0.2, -0.15) is 10.5 Å². The first-order chi connectivity index (χ1) is 15.8. The highest BCUT2D eigenvalue weighted by Crippen LogP contribution is 2.27. The van der Waals surface area contributed by atoms with Crippen LogP contribution in [0.1, 0.15) is 34.6 Å². The highest BCUT2D eigenvalue weighted by Gasteiger charge is 2.26. The normalized spacial score (nSPS) is 18.3. The van der Waals surface area contributed by atoms with Gasteiger partial charge >= 0.3 is 0 Å². The molecule has 3 aromatic rings. The van der Waals surface area contributed by atoms with Crippen molar-refractivity contribution in [3.63, 3.8) is 0 Å². The van der Waals surface area contributed by atoms with E-state index in [0.29, 0.717) is 13.2 Å². The van der Waals surface area contributed by atoms with Crippen LogP contribution in [0, 0.1) is 22.7 Å². The molecule has 1 aromatic carbocycles. The van der Waals surface area contributed by atoms with Crippen LogP contribution in [-0.2, 0) is 17.7 Å². The van der Waals surface area contributed by atoms with Crippen molar-refractivity contribution in [1.82, 2.24) is 19.8 Å². The second-order valence-corrected chi connectivity index (χ2v) is 8.96. The zero-order valence-corrected chi connectivity index (χ0v) is 19.3. The molecule has 0 aliphatic carbocycles. The minimum absolute atomic E-state index is 0.204. The average Bonchev–Trinajstić information content (AvgIpc) is 3.57. The molecule has 1 fully saturated rings. The molecule has 32 heavy (non-hydrogen) atoms. The van der Waals surface area contributed by atoms with Crippen molar-refractivity contribution in [1.29, 1.82) is 10.5 Å². The first kappa shape index (κ1) is 22.5. The number of morpholine rings is 1. The number of nitrogens with zero attached hydrogens (tertiary/aromatic N) is 6. The maximum Gasteiger partial charge on any atom is 0.142 e. The summed E-state index contributed by atoms with van der Waals surface area (Å²) in [6, 6.07) is 12.7. The Balaban J connectivity index is 0.000000158. The second kappa shape index (κ2) is 11.3. The van der Waals surface area contributed by atoms with Crippen molar-refractivity contribution in [2.45, 2.75) is 25.0 Å². The fraction of sp³-hybridized carbons (Fsp3) is 0.391. The third kappa shape index (κ3) is 5.39. The molecule has 5 rings (SSSR count). The van der Waals surface area contributed by atoms with E-state index in [-0.39, 0.29) is 12.1 Å². The Kier molecular flexibility index (Phi) is 7.94. The molecule has 0 radical (unpaired) electrons. The Morgan fingerprint density at radius 3 is 2.00 bits per heavy atom. The molecular formula is C23H24N6OS2. The summed E-state index contributed by atoms with van der Waals surface area (Å²) in [4.78, 5) is 12.8. The number of hydrogen-bond acceptors (Lipinski definition) is 9. The van der Waals surface area contributed by atoms with Crippen LogP contribution in [0.25, 0.3) is 0 Å². The zero-order valence-electron chi connectivity index (χ0n) is 17.6. The van der Waals surface area contributed by atoms with Gasteiger partial charge in [0.25, 0.3) is 0 Å². The molecule has 2 aliphatic heterocycles. The van der Waals surface area contributed by atoms with Crippen LogP contribution in [0.5, 0.6) is 0 Å². The van der Waals surface area contributed by atoms with Crippen LogP contribution in [0.15, 0.2) is 46.0 Å². The van der Waals surface area contributed by atoms with Crippen LogP contribution in [-0.4, -0.2) is 52.6 Å². The maximum atomic E-state index is 9.37. The summed E-state index contributed by atoms with van der Waals surface area (Å²) < 4.78 is 5.24. The summed E-state index contributed by atoms with van der Waals surface area (Å²) in [5.41, 5.74) is 8.03. The van der Waals surface area contributed by atoms with Gasteiger partial charge in [-0.3, -0.25) is 9.80 Å². The van der Waals surface area contributed by atoms with Gasteiger partial charge in [0, 0.05) is 36.9 Å². The number of fused-ring (bicyclic) bond motifs is 1. The van der Waals surface area contributed by atoms with Crippen molar-refractivity contribution < 1.29 is 4.74 Å². The summed E-state index contributed by atoms with van der Waals surface area (Å²) in [6.07, 6.45) is 1.01. The molecule has 0 bridgehead atoms. The number of hydrogen-bond donors (Lipinski definition) is 0. The van der Waals surface area contributed by atoms with Crippen LogP contribution in [0.2, 0.25) is 0 Å². The molecule has 0 amide bonds. The third-order valence-electron chi connectivity index (χ3n) is 5.64. The minimum atomic E-state index is -0.218. The van der Waals surface area contributed by atoms with Gasteiger partial charge in [0.15, 0.2) is 0 Å². The van der Waals surface area contributed by atoms with Gasteiger partial charge in [-0.15, -0.1) is 22.7 Å². The number of benzene rings is 1. The summed E-state index contributed by atoms with van der Waals surface area (Å²) in [6.45, 7) is 4.81. The second-order valence-electron chi connectivity index (χ2n) is 7.53. The summed E-state index contributed by atoms with van der Waals surface area (Å²) in [5.74, 6) is 0. The van der Waals surface area contributed by atoms with Crippen molar-refractivity contribution in [2.24, 2.45) is 0 Å². The highest BCUT2D eigenvalue weighted by molar-refractivity contribution is 7.07. The zero-order chi connectivity index (χ0) is 22.2. The Morgan fingerprint density at radius 2 is 1.44 bits per heavy atom. The quantitative estimate of drug-likeness (QED) is 0.580. The van der Waals surface area contributed by atoms with E-state index in [4.69, 9.17) is 10.00 Å². The fourth-order valence-electron chi connectivity index (χ4n) is 3.96. The lowest BCUT2D eigenvalue weighted by atomic mass is 9.98. The lowest BCUT2D eigenvalue weighted by molar-refractivity contribution is 0.0260. The van der Waals surface area contributed by atoms with Crippen molar-refractivity contribution in [3.8, 4) is 12.1 Å². The predicted molar refractivity (Wildman–Crippen MR) is 124 cm³/mol. The lowest BCUT2D eigenvalue weighted by Gasteiger charge is -2.31. The first-order valence-corrected chi connectivity index (χ1v) is 12.4. The number of ether oxygens (including phenoxy) is 1. The Hall–Kier alpha value is -2.66. The number of rotatable bonds is 4.